The molecular formula is C25H48O4. The van der Waals surface area contributed by atoms with Crippen LogP contribution in [-0.4, -0.2) is 37.0 Å². The Bertz CT molecular complexity index is 368. The third-order valence-electron chi connectivity index (χ3n) is 5.14. The maximum absolute atomic E-state index is 11.2. The largest absolute Gasteiger partial charge is 0.457 e. The zero-order chi connectivity index (χ0) is 21.4. The lowest BCUT2D eigenvalue weighted by atomic mass is 10.1. The molecule has 0 bridgehead atoms. The van der Waals surface area contributed by atoms with Gasteiger partial charge in [0, 0.05) is 13.0 Å². The van der Waals surface area contributed by atoms with Gasteiger partial charge in [0.25, 0.3) is 0 Å². The molecule has 0 saturated heterocycles. The van der Waals surface area contributed by atoms with Crippen molar-refractivity contribution in [2.24, 2.45) is 0 Å². The third kappa shape index (κ3) is 21.7. The number of allylic oxidation sites excluding steroid dienone is 2. The van der Waals surface area contributed by atoms with Crippen molar-refractivity contribution < 1.29 is 19.4 Å². The van der Waals surface area contributed by atoms with E-state index < -0.39 is 6.10 Å². The van der Waals surface area contributed by atoms with E-state index in [2.05, 4.69) is 19.1 Å². The Morgan fingerprint density at radius 3 is 1.83 bits per heavy atom. The van der Waals surface area contributed by atoms with Crippen LogP contribution >= 0.6 is 0 Å². The van der Waals surface area contributed by atoms with Gasteiger partial charge in [0.15, 0.2) is 0 Å². The number of rotatable bonds is 22. The van der Waals surface area contributed by atoms with Gasteiger partial charge in [0.1, 0.15) is 6.10 Å². The second-order valence-electron chi connectivity index (χ2n) is 8.01. The second kappa shape index (κ2) is 23.4. The molecule has 0 saturated carbocycles. The van der Waals surface area contributed by atoms with Crippen molar-refractivity contribution in [3.8, 4) is 0 Å². The smallest absolute Gasteiger partial charge is 0.305 e. The molecule has 0 amide bonds. The Balaban J connectivity index is 3.26. The fourth-order valence-electron chi connectivity index (χ4n) is 3.24. The van der Waals surface area contributed by atoms with Gasteiger partial charge >= 0.3 is 5.97 Å². The molecule has 0 heterocycles. The summed E-state index contributed by atoms with van der Waals surface area (Å²) in [5.74, 6) is -0.291. The van der Waals surface area contributed by atoms with Crippen LogP contribution in [0, 0.1) is 0 Å². The van der Waals surface area contributed by atoms with Gasteiger partial charge in [-0.15, -0.1) is 0 Å². The Morgan fingerprint density at radius 2 is 1.31 bits per heavy atom. The standard InChI is InChI=1S/C25H48O4/c1-3-5-6-7-8-9-10-11-12-13-14-15-16-17-18-19-20-21-28-23-24(22-26)29-25(27)4-2/h12-13,24,26H,3-11,14-23H2,1-2H3/b13-12-. The van der Waals surface area contributed by atoms with Crippen LogP contribution in [0.15, 0.2) is 12.2 Å². The highest BCUT2D eigenvalue weighted by molar-refractivity contribution is 5.69. The first kappa shape index (κ1) is 28.1. The van der Waals surface area contributed by atoms with Crippen LogP contribution in [0.5, 0.6) is 0 Å². The van der Waals surface area contributed by atoms with Crippen molar-refractivity contribution in [2.45, 2.75) is 123 Å². The van der Waals surface area contributed by atoms with E-state index in [9.17, 15) is 4.79 Å². The molecule has 0 aromatic heterocycles. The summed E-state index contributed by atoms with van der Waals surface area (Å²) in [7, 11) is 0. The SMILES string of the molecule is CCCCCCCCC/C=C\CCCCCCCCOCC(CO)OC(=O)CC. The molecule has 0 aliphatic carbocycles. The predicted molar refractivity (Wildman–Crippen MR) is 122 cm³/mol. The molecule has 1 N–H and O–H groups in total. The van der Waals surface area contributed by atoms with Crippen molar-refractivity contribution in [1.29, 1.82) is 0 Å². The lowest BCUT2D eigenvalue weighted by Crippen LogP contribution is -2.27. The molecule has 4 nitrogen and oxygen atoms in total. The molecule has 0 fully saturated rings. The van der Waals surface area contributed by atoms with Gasteiger partial charge in [-0.2, -0.15) is 0 Å². The molecule has 0 aliphatic rings. The molecule has 4 heteroatoms. The number of hydrogen-bond donors (Lipinski definition) is 1. The lowest BCUT2D eigenvalue weighted by molar-refractivity contribution is -0.154. The lowest BCUT2D eigenvalue weighted by Gasteiger charge is -2.15. The van der Waals surface area contributed by atoms with Gasteiger partial charge < -0.3 is 14.6 Å². The van der Waals surface area contributed by atoms with E-state index >= 15 is 0 Å². The minimum Gasteiger partial charge on any atom is -0.457 e. The summed E-state index contributed by atoms with van der Waals surface area (Å²) < 4.78 is 10.6. The molecule has 0 rings (SSSR count). The van der Waals surface area contributed by atoms with Crippen LogP contribution < -0.4 is 0 Å². The molecule has 0 aromatic carbocycles. The Morgan fingerprint density at radius 1 is 0.793 bits per heavy atom. The van der Waals surface area contributed by atoms with Gasteiger partial charge in [-0.1, -0.05) is 90.2 Å². The summed E-state index contributed by atoms with van der Waals surface area (Å²) in [6.07, 6.45) is 24.1. The van der Waals surface area contributed by atoms with E-state index in [1.54, 1.807) is 6.92 Å². The molecule has 29 heavy (non-hydrogen) atoms. The molecular weight excluding hydrogens is 364 g/mol. The van der Waals surface area contributed by atoms with Crippen molar-refractivity contribution in [3.63, 3.8) is 0 Å². The van der Waals surface area contributed by atoms with E-state index in [4.69, 9.17) is 14.6 Å². The number of aliphatic hydroxyl groups excluding tert-OH is 1. The maximum atomic E-state index is 11.2. The first-order valence-electron chi connectivity index (χ1n) is 12.3. The van der Waals surface area contributed by atoms with E-state index in [1.807, 2.05) is 0 Å². The molecule has 0 aliphatic heterocycles. The monoisotopic (exact) mass is 412 g/mol. The number of esters is 1. The number of aliphatic hydroxyl groups is 1. The number of carbonyl (C=O) groups excluding carboxylic acids is 1. The van der Waals surface area contributed by atoms with Gasteiger partial charge in [-0.05, 0) is 32.1 Å². The quantitative estimate of drug-likeness (QED) is 0.121. The topological polar surface area (TPSA) is 55.8 Å². The van der Waals surface area contributed by atoms with Crippen LogP contribution in [0.1, 0.15) is 117 Å². The van der Waals surface area contributed by atoms with E-state index in [-0.39, 0.29) is 19.2 Å². The average Bonchev–Trinajstić information content (AvgIpc) is 2.74. The van der Waals surface area contributed by atoms with Gasteiger partial charge in [-0.25, -0.2) is 0 Å². The van der Waals surface area contributed by atoms with Crippen LogP contribution in [0.4, 0.5) is 0 Å². The summed E-state index contributed by atoms with van der Waals surface area (Å²) >= 11 is 0. The fourth-order valence-corrected chi connectivity index (χ4v) is 3.24. The zero-order valence-corrected chi connectivity index (χ0v) is 19.3. The second-order valence-corrected chi connectivity index (χ2v) is 8.01. The number of carbonyl (C=O) groups is 1. The predicted octanol–water partition coefficient (Wildman–Crippen LogP) is 6.74. The first-order valence-corrected chi connectivity index (χ1v) is 12.3. The molecule has 0 spiro atoms. The van der Waals surface area contributed by atoms with E-state index in [1.165, 1.54) is 89.9 Å². The summed E-state index contributed by atoms with van der Waals surface area (Å²) in [5, 5.41) is 9.16. The highest BCUT2D eigenvalue weighted by Crippen LogP contribution is 2.10. The van der Waals surface area contributed by atoms with Gasteiger partial charge in [0.2, 0.25) is 0 Å². The molecule has 1 atom stereocenters. The van der Waals surface area contributed by atoms with E-state index in [0.717, 1.165) is 6.42 Å². The van der Waals surface area contributed by atoms with Crippen LogP contribution in [0.3, 0.4) is 0 Å². The fraction of sp³-hybridized carbons (Fsp3) is 0.880. The molecule has 172 valence electrons. The summed E-state index contributed by atoms with van der Waals surface area (Å²) in [5.41, 5.74) is 0. The summed E-state index contributed by atoms with van der Waals surface area (Å²) in [4.78, 5) is 11.2. The number of unbranched alkanes of at least 4 members (excludes halogenated alkanes) is 13. The summed E-state index contributed by atoms with van der Waals surface area (Å²) in [6.45, 7) is 4.78. The minimum atomic E-state index is -0.527. The highest BCUT2D eigenvalue weighted by Gasteiger charge is 2.12. The van der Waals surface area contributed by atoms with E-state index in [0.29, 0.717) is 13.0 Å². The summed E-state index contributed by atoms with van der Waals surface area (Å²) in [6, 6.07) is 0. The number of hydrogen-bond acceptors (Lipinski definition) is 4. The Hall–Kier alpha value is -0.870. The normalized spacial score (nSPS) is 12.5. The highest BCUT2D eigenvalue weighted by atomic mass is 16.6. The maximum Gasteiger partial charge on any atom is 0.305 e. The van der Waals surface area contributed by atoms with Crippen molar-refractivity contribution in [3.05, 3.63) is 12.2 Å². The van der Waals surface area contributed by atoms with Crippen molar-refractivity contribution >= 4 is 5.97 Å². The van der Waals surface area contributed by atoms with Crippen LogP contribution in [0.2, 0.25) is 0 Å². The first-order chi connectivity index (χ1) is 14.2. The van der Waals surface area contributed by atoms with Crippen molar-refractivity contribution in [2.75, 3.05) is 19.8 Å². The van der Waals surface area contributed by atoms with Crippen LogP contribution in [-0.2, 0) is 14.3 Å². The van der Waals surface area contributed by atoms with Crippen LogP contribution in [0.25, 0.3) is 0 Å². The Labute approximate surface area is 180 Å². The van der Waals surface area contributed by atoms with Gasteiger partial charge in [-0.3, -0.25) is 4.79 Å². The minimum absolute atomic E-state index is 0.181. The molecule has 0 aromatic rings. The Kier molecular flexibility index (Phi) is 22.7. The average molecular weight is 413 g/mol. The zero-order valence-electron chi connectivity index (χ0n) is 19.3. The number of ether oxygens (including phenoxy) is 2. The van der Waals surface area contributed by atoms with Crippen molar-refractivity contribution in [1.82, 2.24) is 0 Å². The third-order valence-corrected chi connectivity index (χ3v) is 5.14. The van der Waals surface area contributed by atoms with Gasteiger partial charge in [0.05, 0.1) is 13.2 Å². The molecule has 0 radical (unpaired) electrons. The molecule has 1 unspecified atom stereocenters.